The van der Waals surface area contributed by atoms with Gasteiger partial charge in [0.25, 0.3) is 11.8 Å². The Balaban J connectivity index is 2.55. The van der Waals surface area contributed by atoms with Gasteiger partial charge in [-0.05, 0) is 6.92 Å². The van der Waals surface area contributed by atoms with Crippen molar-refractivity contribution < 1.29 is 18.0 Å². The third-order valence-electron chi connectivity index (χ3n) is 1.77. The van der Waals surface area contributed by atoms with Gasteiger partial charge in [0.2, 0.25) is 0 Å². The Morgan fingerprint density at radius 3 is 2.87 bits per heavy atom. The van der Waals surface area contributed by atoms with E-state index in [9.17, 15) is 13.6 Å². The van der Waals surface area contributed by atoms with Crippen LogP contribution in [0, 0.1) is 6.92 Å². The van der Waals surface area contributed by atoms with Gasteiger partial charge in [0.1, 0.15) is 5.76 Å². The number of amides is 1. The molecule has 0 saturated heterocycles. The van der Waals surface area contributed by atoms with Gasteiger partial charge in [-0.3, -0.25) is 4.79 Å². The lowest BCUT2D eigenvalue weighted by molar-refractivity contribution is 0.0118. The zero-order valence-corrected chi connectivity index (χ0v) is 8.09. The first-order chi connectivity index (χ1) is 6.96. The molecular weight excluding hydrogens is 208 g/mol. The maximum atomic E-state index is 12.7. The molecule has 0 aliphatic carbocycles. The van der Waals surface area contributed by atoms with Gasteiger partial charge in [-0.1, -0.05) is 0 Å². The van der Waals surface area contributed by atoms with E-state index in [0.29, 0.717) is 0 Å². The summed E-state index contributed by atoms with van der Waals surface area (Å²) in [6.45, 7) is -0.108. The number of nitrogens with one attached hydrogen (secondary N) is 1. The molecule has 0 aliphatic rings. The molecule has 5 nitrogen and oxygen atoms in total. The van der Waals surface area contributed by atoms with Crippen molar-refractivity contribution in [1.29, 1.82) is 0 Å². The highest BCUT2D eigenvalue weighted by Gasteiger charge is 2.28. The van der Waals surface area contributed by atoms with Crippen molar-refractivity contribution in [3.63, 3.8) is 0 Å². The second kappa shape index (κ2) is 4.35. The molecule has 3 N–H and O–H groups in total. The molecule has 1 rings (SSSR count). The molecule has 0 spiro atoms. The number of carbonyl (C=O) groups excluding carboxylic acids is 1. The van der Waals surface area contributed by atoms with Crippen LogP contribution >= 0.6 is 0 Å². The first kappa shape index (κ1) is 11.6. The maximum absolute atomic E-state index is 12.7. The smallest absolute Gasteiger partial charge is 0.277 e. The van der Waals surface area contributed by atoms with E-state index in [4.69, 9.17) is 10.2 Å². The van der Waals surface area contributed by atoms with Crippen LogP contribution in [-0.2, 0) is 0 Å². The Hall–Kier alpha value is -1.50. The summed E-state index contributed by atoms with van der Waals surface area (Å²) in [5.74, 6) is -3.52. The summed E-state index contributed by atoms with van der Waals surface area (Å²) in [5, 5.41) is 2.03. The van der Waals surface area contributed by atoms with Gasteiger partial charge < -0.3 is 15.5 Å². The molecular formula is C8H11F2N3O2. The van der Waals surface area contributed by atoms with Gasteiger partial charge in [0, 0.05) is 0 Å². The van der Waals surface area contributed by atoms with Crippen LogP contribution in [-0.4, -0.2) is 29.9 Å². The lowest BCUT2D eigenvalue weighted by Crippen LogP contribution is -2.41. The molecule has 0 aromatic carbocycles. The van der Waals surface area contributed by atoms with E-state index < -0.39 is 24.9 Å². The van der Waals surface area contributed by atoms with Crippen LogP contribution in [0.1, 0.15) is 16.2 Å². The van der Waals surface area contributed by atoms with Crippen molar-refractivity contribution in [2.24, 2.45) is 5.73 Å². The van der Waals surface area contributed by atoms with Crippen LogP contribution < -0.4 is 11.1 Å². The lowest BCUT2D eigenvalue weighted by Gasteiger charge is -2.13. The number of alkyl halides is 2. The summed E-state index contributed by atoms with van der Waals surface area (Å²) in [5.41, 5.74) is 4.81. The molecule has 0 atom stereocenters. The average molecular weight is 219 g/mol. The van der Waals surface area contributed by atoms with Gasteiger partial charge in [0.05, 0.1) is 13.1 Å². The highest BCUT2D eigenvalue weighted by molar-refractivity contribution is 5.93. The van der Waals surface area contributed by atoms with Crippen molar-refractivity contribution >= 4 is 5.91 Å². The number of hydrogen-bond donors (Lipinski definition) is 2. The molecule has 0 radical (unpaired) electrons. The van der Waals surface area contributed by atoms with Gasteiger partial charge in [-0.2, -0.15) is 0 Å². The van der Waals surface area contributed by atoms with Crippen LogP contribution in [0.15, 0.2) is 10.8 Å². The van der Waals surface area contributed by atoms with Crippen molar-refractivity contribution in [2.45, 2.75) is 12.8 Å². The number of halogens is 2. The Bertz CT molecular complexity index is 351. The number of nitrogens with zero attached hydrogens (tertiary/aromatic N) is 1. The van der Waals surface area contributed by atoms with E-state index in [1.165, 1.54) is 6.92 Å². The minimum absolute atomic E-state index is 0.00261. The number of nitrogens with two attached hydrogens (primary N) is 1. The molecule has 0 fully saturated rings. The molecule has 1 heterocycles. The highest BCUT2D eigenvalue weighted by Crippen LogP contribution is 2.10. The molecule has 1 amide bonds. The van der Waals surface area contributed by atoms with Gasteiger partial charge >= 0.3 is 0 Å². The van der Waals surface area contributed by atoms with Crippen molar-refractivity contribution in [3.05, 3.63) is 17.8 Å². The fourth-order valence-corrected chi connectivity index (χ4v) is 0.889. The fraction of sp³-hybridized carbons (Fsp3) is 0.500. The standard InChI is InChI=1S/C8H11F2N3O2/c1-5-6(13-4-15-5)7(14)12-3-8(9,10)2-11/h4H,2-3,11H2,1H3,(H,12,14). The number of carbonyl (C=O) groups is 1. The average Bonchev–Trinajstić information content (AvgIpc) is 2.61. The highest BCUT2D eigenvalue weighted by atomic mass is 19.3. The molecule has 0 unspecified atom stereocenters. The minimum Gasteiger partial charge on any atom is -0.448 e. The molecule has 0 bridgehead atoms. The number of aryl methyl sites for hydroxylation is 1. The molecule has 15 heavy (non-hydrogen) atoms. The molecule has 1 aromatic heterocycles. The first-order valence-electron chi connectivity index (χ1n) is 4.22. The van der Waals surface area contributed by atoms with Crippen LogP contribution in [0.4, 0.5) is 8.78 Å². The van der Waals surface area contributed by atoms with E-state index >= 15 is 0 Å². The SMILES string of the molecule is Cc1ocnc1C(=O)NCC(F)(F)CN. The van der Waals surface area contributed by atoms with Crippen LogP contribution in [0.25, 0.3) is 0 Å². The predicted octanol–water partition coefficient (Wildman–Crippen LogP) is 0.307. The summed E-state index contributed by atoms with van der Waals surface area (Å²) in [6.07, 6.45) is 1.07. The molecule has 0 saturated carbocycles. The van der Waals surface area contributed by atoms with Gasteiger partial charge in [-0.15, -0.1) is 0 Å². The van der Waals surface area contributed by atoms with E-state index in [-0.39, 0.29) is 11.5 Å². The Morgan fingerprint density at radius 1 is 1.73 bits per heavy atom. The van der Waals surface area contributed by atoms with Crippen LogP contribution in [0.5, 0.6) is 0 Å². The Morgan fingerprint density at radius 2 is 2.40 bits per heavy atom. The second-order valence-electron chi connectivity index (χ2n) is 3.00. The maximum Gasteiger partial charge on any atom is 0.277 e. The van der Waals surface area contributed by atoms with Crippen LogP contribution in [0.2, 0.25) is 0 Å². The van der Waals surface area contributed by atoms with Gasteiger partial charge in [-0.25, -0.2) is 13.8 Å². The van der Waals surface area contributed by atoms with Crippen molar-refractivity contribution in [3.8, 4) is 0 Å². The summed E-state index contributed by atoms with van der Waals surface area (Å²) in [6, 6.07) is 0. The quantitative estimate of drug-likeness (QED) is 0.763. The minimum atomic E-state index is -3.10. The Kier molecular flexibility index (Phi) is 3.35. The van der Waals surface area contributed by atoms with Gasteiger partial charge in [0.15, 0.2) is 12.1 Å². The van der Waals surface area contributed by atoms with E-state index in [1.54, 1.807) is 0 Å². The first-order valence-corrected chi connectivity index (χ1v) is 4.22. The van der Waals surface area contributed by atoms with E-state index in [2.05, 4.69) is 4.98 Å². The van der Waals surface area contributed by atoms with Crippen LogP contribution in [0.3, 0.4) is 0 Å². The lowest BCUT2D eigenvalue weighted by atomic mass is 10.3. The molecule has 7 heteroatoms. The molecule has 0 aliphatic heterocycles. The molecule has 84 valence electrons. The normalized spacial score (nSPS) is 11.5. The number of oxazole rings is 1. The van der Waals surface area contributed by atoms with E-state index in [1.807, 2.05) is 5.32 Å². The Labute approximate surface area is 84.7 Å². The summed E-state index contributed by atoms with van der Waals surface area (Å²) in [4.78, 5) is 14.9. The van der Waals surface area contributed by atoms with E-state index in [0.717, 1.165) is 6.39 Å². The topological polar surface area (TPSA) is 81.2 Å². The summed E-state index contributed by atoms with van der Waals surface area (Å²) >= 11 is 0. The fourth-order valence-electron chi connectivity index (χ4n) is 0.889. The largest absolute Gasteiger partial charge is 0.448 e. The second-order valence-corrected chi connectivity index (χ2v) is 3.00. The summed E-state index contributed by atoms with van der Waals surface area (Å²) < 4.78 is 30.1. The zero-order valence-electron chi connectivity index (χ0n) is 8.09. The molecule has 1 aromatic rings. The van der Waals surface area contributed by atoms with Crippen molar-refractivity contribution in [1.82, 2.24) is 10.3 Å². The predicted molar refractivity (Wildman–Crippen MR) is 47.6 cm³/mol. The third-order valence-corrected chi connectivity index (χ3v) is 1.77. The monoisotopic (exact) mass is 219 g/mol. The zero-order chi connectivity index (χ0) is 11.5. The number of rotatable bonds is 4. The van der Waals surface area contributed by atoms with Crippen molar-refractivity contribution in [2.75, 3.05) is 13.1 Å². The number of aromatic nitrogens is 1. The number of hydrogen-bond acceptors (Lipinski definition) is 4. The summed E-state index contributed by atoms with van der Waals surface area (Å²) in [7, 11) is 0. The third kappa shape index (κ3) is 2.98.